The second kappa shape index (κ2) is 20.7. The highest BCUT2D eigenvalue weighted by molar-refractivity contribution is 7.09. The van der Waals surface area contributed by atoms with Gasteiger partial charge in [-0.05, 0) is 67.0 Å². The number of carbonyl (C=O) groups excluding carboxylic acids is 5. The Morgan fingerprint density at radius 3 is 1.69 bits per heavy atom. The number of rotatable bonds is 8. The molecule has 0 atom stereocenters. The zero-order chi connectivity index (χ0) is 34.1. The van der Waals surface area contributed by atoms with Gasteiger partial charge in [0.1, 0.15) is 26.4 Å². The summed E-state index contributed by atoms with van der Waals surface area (Å²) in [6, 6.07) is 13.6. The molecule has 0 N–H and O–H groups in total. The van der Waals surface area contributed by atoms with Crippen molar-refractivity contribution in [3.63, 3.8) is 0 Å². The van der Waals surface area contributed by atoms with Crippen LogP contribution in [0.15, 0.2) is 48.5 Å². The number of halogens is 4. The number of benzene rings is 2. The number of carbonyl (C=O) groups is 4. The van der Waals surface area contributed by atoms with Gasteiger partial charge in [0.25, 0.3) is 0 Å². The third kappa shape index (κ3) is 13.0. The van der Waals surface area contributed by atoms with Crippen molar-refractivity contribution in [3.8, 4) is 11.5 Å². The van der Waals surface area contributed by atoms with Crippen LogP contribution in [0.1, 0.15) is 53.4 Å². The molecule has 0 radical (unpaired) electrons. The Morgan fingerprint density at radius 1 is 0.844 bits per heavy atom. The zero-order valence-electron chi connectivity index (χ0n) is 24.5. The molecule has 0 spiro atoms. The summed E-state index contributed by atoms with van der Waals surface area (Å²) in [7, 11) is 6.39. The van der Waals surface area contributed by atoms with Gasteiger partial charge in [-0.3, -0.25) is 18.8 Å². The molecule has 0 aliphatic carbocycles. The standard InChI is InChI=1S/C13H9Cl2NO3S.C9H10O2.C5H2Cl2NO2S.C2H6O/c1-19-8-4-2-7(3-5-8)9(17)6-10(18)12-11(14)13(15)16-20-12;1-7(10)8-3-5-9(11-2)6-4-8;1-10-5(9)3-2(6)4(7)8-11-3;1-3-2/h2-5H,6H2,1H3;3-6H,1-2H3;1H2;1-2H3/q;;+1;. The second-order valence-corrected chi connectivity index (χ2v) is 11.1. The van der Waals surface area contributed by atoms with Crippen molar-refractivity contribution in [3.05, 3.63) is 89.8 Å². The maximum atomic E-state index is 12.0. The number of ether oxygens (including phenoxy) is 3. The lowest BCUT2D eigenvalue weighted by Gasteiger charge is -2.02. The van der Waals surface area contributed by atoms with E-state index >= 15 is 0 Å². The van der Waals surface area contributed by atoms with Gasteiger partial charge in [-0.25, -0.2) is 0 Å². The topological polar surface area (TPSA) is 134 Å². The van der Waals surface area contributed by atoms with E-state index < -0.39 is 5.97 Å². The highest BCUT2D eigenvalue weighted by Gasteiger charge is 2.32. The fraction of sp³-hybridized carbons (Fsp3) is 0.207. The van der Waals surface area contributed by atoms with Gasteiger partial charge >= 0.3 is 10.8 Å². The first kappa shape index (κ1) is 39.8. The molecular weight excluding hydrogens is 710 g/mol. The van der Waals surface area contributed by atoms with Crippen molar-refractivity contribution in [1.82, 2.24) is 8.75 Å². The molecule has 45 heavy (non-hydrogen) atoms. The van der Waals surface area contributed by atoms with E-state index in [1.165, 1.54) is 7.11 Å². The summed E-state index contributed by atoms with van der Waals surface area (Å²) in [5, 5.41) is 0.406. The number of aromatic nitrogens is 2. The summed E-state index contributed by atoms with van der Waals surface area (Å²) in [6.07, 6.45) is -0.273. The van der Waals surface area contributed by atoms with Crippen LogP contribution < -0.4 is 13.8 Å². The number of ketones is 3. The van der Waals surface area contributed by atoms with E-state index in [1.54, 1.807) is 76.8 Å². The molecule has 0 fully saturated rings. The number of Topliss-reactive ketones (excluding diaryl/α,β-unsaturated/α-hetero) is 3. The van der Waals surface area contributed by atoms with E-state index in [-0.39, 0.29) is 53.9 Å². The molecule has 0 amide bonds. The SMILES string of the molecule is C=[O+]C(=O)c1[s+][n-]c(Cl)c1Cl.COC.COc1ccc(C(=O)CC(=O)c2snc(Cl)c2Cl)cc1.COc1ccc(C(C)=O)cc1. The molecule has 0 unspecified atom stereocenters. The van der Waals surface area contributed by atoms with Gasteiger partial charge in [0.2, 0.25) is 0 Å². The van der Waals surface area contributed by atoms with E-state index in [1.807, 2.05) is 0 Å². The quantitative estimate of drug-likeness (QED) is 0.101. The van der Waals surface area contributed by atoms with Crippen molar-refractivity contribution >= 4 is 99.6 Å². The molecule has 16 heteroatoms. The maximum absolute atomic E-state index is 12.0. The van der Waals surface area contributed by atoms with E-state index in [0.29, 0.717) is 16.9 Å². The van der Waals surface area contributed by atoms with Gasteiger partial charge in [0.05, 0.1) is 25.4 Å². The van der Waals surface area contributed by atoms with Crippen LogP contribution in [-0.4, -0.2) is 62.9 Å². The molecule has 4 rings (SSSR count). The molecule has 0 aliphatic heterocycles. The third-order valence-corrected chi connectivity index (χ3v) is 8.61. The Labute approximate surface area is 287 Å². The van der Waals surface area contributed by atoms with Gasteiger partial charge in [-0.15, -0.1) is 11.6 Å². The van der Waals surface area contributed by atoms with E-state index in [9.17, 15) is 19.2 Å². The maximum Gasteiger partial charge on any atom is 0.671 e. The summed E-state index contributed by atoms with van der Waals surface area (Å²) in [5.74, 6) is 0.186. The molecule has 0 saturated heterocycles. The Bertz CT molecular complexity index is 1590. The molecule has 0 bridgehead atoms. The van der Waals surface area contributed by atoms with Gasteiger partial charge < -0.3 is 18.6 Å². The molecule has 10 nitrogen and oxygen atoms in total. The van der Waals surface area contributed by atoms with Gasteiger partial charge in [0.15, 0.2) is 40.8 Å². The van der Waals surface area contributed by atoms with Crippen LogP contribution in [0, 0.1) is 0 Å². The third-order valence-electron chi connectivity index (χ3n) is 4.99. The van der Waals surface area contributed by atoms with Crippen molar-refractivity contribution in [2.24, 2.45) is 0 Å². The molecule has 2 heterocycles. The summed E-state index contributed by atoms with van der Waals surface area (Å²) < 4.78 is 25.8. The Kier molecular flexibility index (Phi) is 18.3. The van der Waals surface area contributed by atoms with E-state index in [2.05, 4.69) is 24.7 Å². The molecule has 2 aromatic heterocycles. The van der Waals surface area contributed by atoms with Gasteiger partial charge in [-0.1, -0.05) is 34.8 Å². The minimum absolute atomic E-state index is 0.0765. The van der Waals surface area contributed by atoms with Gasteiger partial charge in [0, 0.05) is 30.5 Å². The average Bonchev–Trinajstić information content (AvgIpc) is 3.56. The normalized spacial score (nSPS) is 9.62. The minimum Gasteiger partial charge on any atom is -0.497 e. The van der Waals surface area contributed by atoms with Crippen LogP contribution in [0.25, 0.3) is 0 Å². The largest absolute Gasteiger partial charge is 0.671 e. The lowest BCUT2D eigenvalue weighted by molar-refractivity contribution is -0.333. The summed E-state index contributed by atoms with van der Waals surface area (Å²) in [6.45, 7) is 4.48. The first-order valence-corrected chi connectivity index (χ1v) is 15.2. The van der Waals surface area contributed by atoms with Crippen molar-refractivity contribution in [2.75, 3.05) is 28.4 Å². The van der Waals surface area contributed by atoms with Crippen LogP contribution >= 0.6 is 69.5 Å². The fourth-order valence-corrected chi connectivity index (χ4v) is 5.08. The molecule has 2 aromatic carbocycles. The molecule has 0 aliphatic rings. The van der Waals surface area contributed by atoms with E-state index in [4.69, 9.17) is 55.9 Å². The summed E-state index contributed by atoms with van der Waals surface area (Å²) >= 11 is 24.3. The fourth-order valence-electron chi connectivity index (χ4n) is 2.82. The summed E-state index contributed by atoms with van der Waals surface area (Å²) in [4.78, 5) is 45.9. The highest BCUT2D eigenvalue weighted by atomic mass is 35.5. The van der Waals surface area contributed by atoms with Crippen molar-refractivity contribution < 1.29 is 37.8 Å². The molecular formula is C29H27Cl4N2O8S2+. The molecule has 240 valence electrons. The number of nitrogens with zero attached hydrogens (tertiary/aromatic N) is 2. The van der Waals surface area contributed by atoms with Crippen LogP contribution in [0.2, 0.25) is 20.4 Å². The number of hydrogen-bond acceptors (Lipinski definition) is 9. The van der Waals surface area contributed by atoms with Crippen LogP contribution in [0.3, 0.4) is 0 Å². The monoisotopic (exact) mass is 735 g/mol. The molecule has 4 aromatic rings. The first-order valence-electron chi connectivity index (χ1n) is 12.2. The Hall–Kier alpha value is -3.23. The second-order valence-electron chi connectivity index (χ2n) is 8.11. The van der Waals surface area contributed by atoms with Crippen molar-refractivity contribution in [1.29, 1.82) is 0 Å². The average molecular weight is 737 g/mol. The van der Waals surface area contributed by atoms with Crippen LogP contribution in [0.4, 0.5) is 0 Å². The van der Waals surface area contributed by atoms with Crippen molar-refractivity contribution in [2.45, 2.75) is 13.3 Å². The number of hydrogen-bond donors (Lipinski definition) is 0. The first-order chi connectivity index (χ1) is 21.3. The minimum atomic E-state index is -0.626. The zero-order valence-corrected chi connectivity index (χ0v) is 29.2. The number of methoxy groups -OCH3 is 3. The van der Waals surface area contributed by atoms with Gasteiger partial charge in [-0.2, -0.15) is 4.37 Å². The highest BCUT2D eigenvalue weighted by Crippen LogP contribution is 2.30. The predicted molar refractivity (Wildman–Crippen MR) is 178 cm³/mol. The lowest BCUT2D eigenvalue weighted by atomic mass is 10.1. The van der Waals surface area contributed by atoms with Crippen LogP contribution in [0.5, 0.6) is 11.5 Å². The predicted octanol–water partition coefficient (Wildman–Crippen LogP) is 7.87. The van der Waals surface area contributed by atoms with Crippen LogP contribution in [-0.2, 0) is 9.16 Å². The lowest BCUT2D eigenvalue weighted by Crippen LogP contribution is -2.07. The Morgan fingerprint density at radius 2 is 1.33 bits per heavy atom. The molecule has 0 saturated carbocycles. The van der Waals surface area contributed by atoms with E-state index in [0.717, 1.165) is 28.8 Å². The Balaban J connectivity index is 0.000000345. The smallest absolute Gasteiger partial charge is 0.497 e. The summed E-state index contributed by atoms with van der Waals surface area (Å²) in [5.41, 5.74) is 1.15.